The maximum Gasteiger partial charge on any atom is 0.329 e. The molecule has 2 unspecified atom stereocenters. The number of hydrogen-bond donors (Lipinski definition) is 0. The van der Waals surface area contributed by atoms with Gasteiger partial charge < -0.3 is 14.2 Å². The van der Waals surface area contributed by atoms with Crippen molar-refractivity contribution in [3.8, 4) is 0 Å². The lowest BCUT2D eigenvalue weighted by Crippen LogP contribution is -2.34. The Hall–Kier alpha value is -2.26. The molecule has 0 saturated carbocycles. The van der Waals surface area contributed by atoms with Crippen molar-refractivity contribution in [3.05, 3.63) is 26.6 Å². The van der Waals surface area contributed by atoms with Gasteiger partial charge in [-0.3, -0.25) is 14.2 Å². The zero-order valence-electron chi connectivity index (χ0n) is 18.6. The van der Waals surface area contributed by atoms with Gasteiger partial charge in [0, 0.05) is 11.5 Å². The van der Waals surface area contributed by atoms with Gasteiger partial charge in [-0.1, -0.05) is 6.92 Å². The Morgan fingerprint density at radius 3 is 2.65 bits per heavy atom. The second kappa shape index (κ2) is 10.4. The van der Waals surface area contributed by atoms with E-state index in [-0.39, 0.29) is 18.1 Å². The number of hydrogen-bond acceptors (Lipinski definition) is 8. The van der Waals surface area contributed by atoms with Crippen molar-refractivity contribution < 1.29 is 23.8 Å². The molecule has 2 atom stereocenters. The number of esters is 2. The second-order valence-electron chi connectivity index (χ2n) is 7.44. The number of fused-ring (bicyclic) bond motifs is 3. The Morgan fingerprint density at radius 1 is 1.19 bits per heavy atom. The molecule has 170 valence electrons. The van der Waals surface area contributed by atoms with E-state index in [9.17, 15) is 14.4 Å². The molecule has 9 heteroatoms. The number of rotatable bonds is 9. The molecule has 2 aromatic rings. The van der Waals surface area contributed by atoms with Crippen molar-refractivity contribution >= 4 is 33.5 Å². The quantitative estimate of drug-likeness (QED) is 0.427. The molecule has 8 nitrogen and oxygen atoms in total. The fourth-order valence-electron chi connectivity index (χ4n) is 4.14. The summed E-state index contributed by atoms with van der Waals surface area (Å²) >= 11 is 1.46. The van der Waals surface area contributed by atoms with E-state index in [4.69, 9.17) is 14.2 Å². The van der Waals surface area contributed by atoms with Crippen molar-refractivity contribution in [2.45, 2.75) is 65.3 Å². The standard InChI is InChI=1S/C22H30N2O6S/c1-5-15(22(27)30-12-11-28-6-2)24-13(4)23-19-18(20(24)25)17-14(21(26)29-7-3)9-8-10-16(17)31-19/h14-15H,5-12H2,1-4H3. The molecule has 0 aromatic carbocycles. The number of aryl methyl sites for hydroxylation is 2. The monoisotopic (exact) mass is 450 g/mol. The van der Waals surface area contributed by atoms with Gasteiger partial charge in [0.15, 0.2) is 0 Å². The summed E-state index contributed by atoms with van der Waals surface area (Å²) in [4.78, 5) is 45.2. The molecule has 31 heavy (non-hydrogen) atoms. The van der Waals surface area contributed by atoms with Crippen molar-refractivity contribution in [3.63, 3.8) is 0 Å². The van der Waals surface area contributed by atoms with Gasteiger partial charge in [0.1, 0.15) is 23.3 Å². The molecule has 1 aliphatic rings. The SMILES string of the molecule is CCOCCOC(=O)C(CC)n1c(C)nc2sc3c(c2c1=O)C(C(=O)OCC)CCC3. The Balaban J connectivity index is 2.06. The lowest BCUT2D eigenvalue weighted by atomic mass is 9.86. The van der Waals surface area contributed by atoms with Gasteiger partial charge in [0.05, 0.1) is 24.5 Å². The maximum absolute atomic E-state index is 13.6. The van der Waals surface area contributed by atoms with Gasteiger partial charge in [-0.15, -0.1) is 11.3 Å². The van der Waals surface area contributed by atoms with Crippen molar-refractivity contribution in [1.82, 2.24) is 9.55 Å². The second-order valence-corrected chi connectivity index (χ2v) is 8.52. The smallest absolute Gasteiger partial charge is 0.329 e. The summed E-state index contributed by atoms with van der Waals surface area (Å²) in [6.45, 7) is 8.46. The van der Waals surface area contributed by atoms with E-state index in [1.165, 1.54) is 15.9 Å². The van der Waals surface area contributed by atoms with Crippen LogP contribution in [0.5, 0.6) is 0 Å². The topological polar surface area (TPSA) is 96.7 Å². The largest absolute Gasteiger partial charge is 0.466 e. The predicted molar refractivity (Wildman–Crippen MR) is 118 cm³/mol. The van der Waals surface area contributed by atoms with E-state index in [0.29, 0.717) is 48.7 Å². The summed E-state index contributed by atoms with van der Waals surface area (Å²) in [5, 5.41) is 0.434. The van der Waals surface area contributed by atoms with Crippen LogP contribution in [0, 0.1) is 6.92 Å². The molecule has 2 heterocycles. The van der Waals surface area contributed by atoms with E-state index < -0.39 is 17.9 Å². The summed E-state index contributed by atoms with van der Waals surface area (Å²) in [5.74, 6) is -0.810. The third kappa shape index (κ3) is 4.67. The van der Waals surface area contributed by atoms with Crippen molar-refractivity contribution in [2.24, 2.45) is 0 Å². The van der Waals surface area contributed by atoms with Crippen LogP contribution < -0.4 is 5.56 Å². The fourth-order valence-corrected chi connectivity index (χ4v) is 5.45. The number of ether oxygens (including phenoxy) is 3. The molecule has 0 fully saturated rings. The first kappa shape index (κ1) is 23.4. The third-order valence-corrected chi connectivity index (χ3v) is 6.67. The summed E-state index contributed by atoms with van der Waals surface area (Å²) in [7, 11) is 0. The highest BCUT2D eigenvalue weighted by atomic mass is 32.1. The van der Waals surface area contributed by atoms with Crippen LogP contribution in [0.4, 0.5) is 0 Å². The van der Waals surface area contributed by atoms with Crippen LogP contribution in [0.15, 0.2) is 4.79 Å². The Labute approximate surface area is 185 Å². The number of thiophene rings is 1. The minimum absolute atomic E-state index is 0.130. The molecular weight excluding hydrogens is 420 g/mol. The van der Waals surface area contributed by atoms with Crippen LogP contribution in [0.2, 0.25) is 0 Å². The van der Waals surface area contributed by atoms with Crippen LogP contribution in [0.25, 0.3) is 10.2 Å². The van der Waals surface area contributed by atoms with Crippen LogP contribution in [-0.4, -0.2) is 47.9 Å². The summed E-state index contributed by atoms with van der Waals surface area (Å²) < 4.78 is 17.2. The molecular formula is C22H30N2O6S. The van der Waals surface area contributed by atoms with Crippen LogP contribution >= 0.6 is 11.3 Å². The lowest BCUT2D eigenvalue weighted by Gasteiger charge is -2.22. The molecule has 3 rings (SSSR count). The van der Waals surface area contributed by atoms with Gasteiger partial charge in [0.2, 0.25) is 0 Å². The Kier molecular flexibility index (Phi) is 7.83. The number of carbonyl (C=O) groups is 2. The lowest BCUT2D eigenvalue weighted by molar-refractivity contribution is -0.149. The molecule has 0 amide bonds. The van der Waals surface area contributed by atoms with E-state index in [1.807, 2.05) is 13.8 Å². The van der Waals surface area contributed by atoms with Gasteiger partial charge in [-0.05, 0) is 52.0 Å². The first-order valence-electron chi connectivity index (χ1n) is 10.9. The summed E-state index contributed by atoms with van der Waals surface area (Å²) in [6.07, 6.45) is 2.69. The highest BCUT2D eigenvalue weighted by molar-refractivity contribution is 7.18. The molecule has 0 saturated heterocycles. The predicted octanol–water partition coefficient (Wildman–Crippen LogP) is 3.28. The third-order valence-electron chi connectivity index (χ3n) is 5.51. The van der Waals surface area contributed by atoms with Gasteiger partial charge >= 0.3 is 11.9 Å². The van der Waals surface area contributed by atoms with Crippen molar-refractivity contribution in [1.29, 1.82) is 0 Å². The number of carbonyl (C=O) groups excluding carboxylic acids is 2. The maximum atomic E-state index is 13.6. The average Bonchev–Trinajstić information content (AvgIpc) is 3.12. The average molecular weight is 451 g/mol. The van der Waals surface area contributed by atoms with E-state index >= 15 is 0 Å². The molecule has 1 aliphatic carbocycles. The van der Waals surface area contributed by atoms with Gasteiger partial charge in [-0.25, -0.2) is 9.78 Å². The van der Waals surface area contributed by atoms with Crippen LogP contribution in [0.1, 0.15) is 68.3 Å². The normalized spacial score (nSPS) is 16.7. The van der Waals surface area contributed by atoms with Crippen molar-refractivity contribution in [2.75, 3.05) is 26.4 Å². The fraction of sp³-hybridized carbons (Fsp3) is 0.636. The minimum atomic E-state index is -0.786. The Bertz CT molecular complexity index is 1010. The minimum Gasteiger partial charge on any atom is -0.466 e. The summed E-state index contributed by atoms with van der Waals surface area (Å²) in [6, 6.07) is -0.786. The van der Waals surface area contributed by atoms with E-state index in [1.54, 1.807) is 13.8 Å². The highest BCUT2D eigenvalue weighted by Crippen LogP contribution is 2.41. The molecule has 0 aliphatic heterocycles. The molecule has 0 N–H and O–H groups in total. The molecule has 0 radical (unpaired) electrons. The van der Waals surface area contributed by atoms with Gasteiger partial charge in [0.25, 0.3) is 5.56 Å². The first-order valence-corrected chi connectivity index (χ1v) is 11.7. The number of nitrogens with zero attached hydrogens (tertiary/aromatic N) is 2. The number of aromatic nitrogens is 2. The Morgan fingerprint density at radius 2 is 1.97 bits per heavy atom. The highest BCUT2D eigenvalue weighted by Gasteiger charge is 2.34. The zero-order chi connectivity index (χ0) is 22.5. The zero-order valence-corrected chi connectivity index (χ0v) is 19.4. The van der Waals surface area contributed by atoms with Crippen LogP contribution in [-0.2, 0) is 30.2 Å². The van der Waals surface area contributed by atoms with E-state index in [0.717, 1.165) is 23.3 Å². The van der Waals surface area contributed by atoms with E-state index in [2.05, 4.69) is 4.98 Å². The molecule has 0 spiro atoms. The molecule has 2 aromatic heterocycles. The van der Waals surface area contributed by atoms with Gasteiger partial charge in [-0.2, -0.15) is 0 Å². The summed E-state index contributed by atoms with van der Waals surface area (Å²) in [5.41, 5.74) is 0.431. The first-order chi connectivity index (χ1) is 14.9. The molecule has 0 bridgehead atoms. The van der Waals surface area contributed by atoms with Crippen LogP contribution in [0.3, 0.4) is 0 Å².